The summed E-state index contributed by atoms with van der Waals surface area (Å²) in [5.74, 6) is -0.239. The Hall–Kier alpha value is -3.47. The number of anilines is 3. The van der Waals surface area contributed by atoms with Gasteiger partial charge in [-0.3, -0.25) is 9.59 Å². The molecule has 0 spiro atoms. The molecule has 0 radical (unpaired) electrons. The molecular formula is C22H21N3O2. The van der Waals surface area contributed by atoms with Crippen molar-refractivity contribution in [3.05, 3.63) is 83.7 Å². The maximum absolute atomic E-state index is 12.4. The van der Waals surface area contributed by atoms with E-state index in [9.17, 15) is 9.59 Å². The number of Topliss-reactive ketones (excluding diaryl/α,β-unsaturated/α-hetero) is 1. The number of hydrogen-bond acceptors (Lipinski definition) is 4. The quantitative estimate of drug-likeness (QED) is 0.618. The van der Waals surface area contributed by atoms with E-state index in [2.05, 4.69) is 15.6 Å². The summed E-state index contributed by atoms with van der Waals surface area (Å²) in [5, 5.41) is 6.09. The highest BCUT2D eigenvalue weighted by atomic mass is 16.2. The van der Waals surface area contributed by atoms with Crippen molar-refractivity contribution >= 4 is 28.8 Å². The summed E-state index contributed by atoms with van der Waals surface area (Å²) in [6.45, 7) is 3.58. The number of nitrogens with zero attached hydrogens (tertiary/aromatic N) is 1. The SMILES string of the molecule is CCc1ccccc1NC(=O)c1ccc(Nc2cccc(C(C)=O)c2)cn1. The molecule has 3 rings (SSSR count). The van der Waals surface area contributed by atoms with Crippen molar-refractivity contribution in [1.29, 1.82) is 0 Å². The van der Waals surface area contributed by atoms with Crippen LogP contribution in [0.2, 0.25) is 0 Å². The molecule has 0 unspecified atom stereocenters. The molecule has 5 heteroatoms. The topological polar surface area (TPSA) is 71.1 Å². The number of carbonyl (C=O) groups is 2. The van der Waals surface area contributed by atoms with E-state index in [1.165, 1.54) is 6.92 Å². The zero-order valence-electron chi connectivity index (χ0n) is 15.3. The summed E-state index contributed by atoms with van der Waals surface area (Å²) in [6.07, 6.45) is 2.44. The van der Waals surface area contributed by atoms with E-state index < -0.39 is 0 Å². The molecule has 2 aromatic carbocycles. The second kappa shape index (κ2) is 8.27. The lowest BCUT2D eigenvalue weighted by molar-refractivity contribution is 0.101. The first kappa shape index (κ1) is 18.3. The number of nitrogens with one attached hydrogen (secondary N) is 2. The molecule has 1 amide bonds. The van der Waals surface area contributed by atoms with Gasteiger partial charge in [-0.05, 0) is 49.2 Å². The average molecular weight is 359 g/mol. The van der Waals surface area contributed by atoms with Gasteiger partial charge in [0.2, 0.25) is 0 Å². The Balaban J connectivity index is 1.70. The average Bonchev–Trinajstić information content (AvgIpc) is 2.69. The Bertz CT molecular complexity index is 965. The van der Waals surface area contributed by atoms with Crippen molar-refractivity contribution in [2.24, 2.45) is 0 Å². The zero-order valence-corrected chi connectivity index (χ0v) is 15.3. The fraction of sp³-hybridized carbons (Fsp3) is 0.136. The number of ketones is 1. The van der Waals surface area contributed by atoms with Crippen LogP contribution in [0.5, 0.6) is 0 Å². The van der Waals surface area contributed by atoms with Gasteiger partial charge in [-0.2, -0.15) is 0 Å². The van der Waals surface area contributed by atoms with E-state index in [1.54, 1.807) is 30.5 Å². The number of hydrogen-bond donors (Lipinski definition) is 2. The Kier molecular flexibility index (Phi) is 5.61. The number of aromatic nitrogens is 1. The number of pyridine rings is 1. The number of rotatable bonds is 6. The van der Waals surface area contributed by atoms with Crippen LogP contribution in [-0.4, -0.2) is 16.7 Å². The fourth-order valence-electron chi connectivity index (χ4n) is 2.72. The molecule has 0 bridgehead atoms. The van der Waals surface area contributed by atoms with Gasteiger partial charge in [0, 0.05) is 16.9 Å². The van der Waals surface area contributed by atoms with Crippen LogP contribution in [0.1, 0.15) is 40.3 Å². The molecule has 0 saturated carbocycles. The normalized spacial score (nSPS) is 10.3. The second-order valence-electron chi connectivity index (χ2n) is 6.16. The highest BCUT2D eigenvalue weighted by Gasteiger charge is 2.10. The minimum atomic E-state index is -0.249. The lowest BCUT2D eigenvalue weighted by Crippen LogP contribution is -2.14. The molecule has 0 aliphatic rings. The predicted molar refractivity (Wildman–Crippen MR) is 108 cm³/mol. The van der Waals surface area contributed by atoms with Gasteiger partial charge in [0.15, 0.2) is 5.78 Å². The van der Waals surface area contributed by atoms with Gasteiger partial charge >= 0.3 is 0 Å². The molecule has 27 heavy (non-hydrogen) atoms. The van der Waals surface area contributed by atoms with Crippen molar-refractivity contribution in [1.82, 2.24) is 4.98 Å². The van der Waals surface area contributed by atoms with E-state index in [1.807, 2.05) is 43.3 Å². The first-order chi connectivity index (χ1) is 13.1. The highest BCUT2D eigenvalue weighted by molar-refractivity contribution is 6.03. The Morgan fingerprint density at radius 2 is 1.78 bits per heavy atom. The molecule has 3 aromatic rings. The van der Waals surface area contributed by atoms with Gasteiger partial charge in [0.1, 0.15) is 5.69 Å². The van der Waals surface area contributed by atoms with Crippen LogP contribution in [0.15, 0.2) is 66.9 Å². The summed E-state index contributed by atoms with van der Waals surface area (Å²) in [7, 11) is 0. The Morgan fingerprint density at radius 3 is 2.48 bits per heavy atom. The Morgan fingerprint density at radius 1 is 0.963 bits per heavy atom. The van der Waals surface area contributed by atoms with E-state index in [0.29, 0.717) is 11.3 Å². The monoisotopic (exact) mass is 359 g/mol. The van der Waals surface area contributed by atoms with Gasteiger partial charge in [-0.25, -0.2) is 4.98 Å². The minimum absolute atomic E-state index is 0.0103. The minimum Gasteiger partial charge on any atom is -0.354 e. The van der Waals surface area contributed by atoms with Gasteiger partial charge < -0.3 is 10.6 Å². The summed E-state index contributed by atoms with van der Waals surface area (Å²) in [6, 6.07) is 18.4. The van der Waals surface area contributed by atoms with Gasteiger partial charge in [0.05, 0.1) is 11.9 Å². The molecule has 136 valence electrons. The molecule has 1 heterocycles. The van der Waals surface area contributed by atoms with Crippen LogP contribution in [0, 0.1) is 0 Å². The van der Waals surface area contributed by atoms with Crippen molar-refractivity contribution in [2.75, 3.05) is 10.6 Å². The number of amides is 1. The van der Waals surface area contributed by atoms with E-state index >= 15 is 0 Å². The molecule has 2 N–H and O–H groups in total. The number of para-hydroxylation sites is 1. The molecule has 1 aromatic heterocycles. The molecule has 5 nitrogen and oxygen atoms in total. The Labute approximate surface area is 158 Å². The van der Waals surface area contributed by atoms with Crippen LogP contribution < -0.4 is 10.6 Å². The first-order valence-electron chi connectivity index (χ1n) is 8.80. The lowest BCUT2D eigenvalue weighted by Gasteiger charge is -2.10. The van der Waals surface area contributed by atoms with E-state index in [-0.39, 0.29) is 11.7 Å². The third-order valence-corrected chi connectivity index (χ3v) is 4.20. The van der Waals surface area contributed by atoms with Gasteiger partial charge in [-0.1, -0.05) is 37.3 Å². The van der Waals surface area contributed by atoms with Crippen molar-refractivity contribution in [2.45, 2.75) is 20.3 Å². The van der Waals surface area contributed by atoms with Gasteiger partial charge in [-0.15, -0.1) is 0 Å². The summed E-state index contributed by atoms with van der Waals surface area (Å²) < 4.78 is 0. The number of benzene rings is 2. The molecule has 0 aliphatic heterocycles. The predicted octanol–water partition coefficient (Wildman–Crippen LogP) is 4.84. The van der Waals surface area contributed by atoms with Gasteiger partial charge in [0.25, 0.3) is 5.91 Å². The van der Waals surface area contributed by atoms with Crippen LogP contribution in [-0.2, 0) is 6.42 Å². The smallest absolute Gasteiger partial charge is 0.274 e. The maximum Gasteiger partial charge on any atom is 0.274 e. The molecule has 0 saturated heterocycles. The maximum atomic E-state index is 12.4. The number of carbonyl (C=O) groups excluding carboxylic acids is 2. The lowest BCUT2D eigenvalue weighted by atomic mass is 10.1. The standard InChI is InChI=1S/C22H21N3O2/c1-3-16-7-4-5-10-20(16)25-22(27)21-12-11-19(14-23-21)24-18-9-6-8-17(13-18)15(2)26/h4-14,24H,3H2,1-2H3,(H,25,27). The van der Waals surface area contributed by atoms with Crippen molar-refractivity contribution < 1.29 is 9.59 Å². The second-order valence-corrected chi connectivity index (χ2v) is 6.16. The number of aryl methyl sites for hydroxylation is 1. The van der Waals surface area contributed by atoms with Crippen LogP contribution >= 0.6 is 0 Å². The van der Waals surface area contributed by atoms with Crippen molar-refractivity contribution in [3.63, 3.8) is 0 Å². The van der Waals surface area contributed by atoms with Crippen LogP contribution in [0.25, 0.3) is 0 Å². The van der Waals surface area contributed by atoms with Crippen LogP contribution in [0.3, 0.4) is 0 Å². The van der Waals surface area contributed by atoms with Crippen LogP contribution in [0.4, 0.5) is 17.1 Å². The van der Waals surface area contributed by atoms with E-state index in [0.717, 1.165) is 29.0 Å². The third-order valence-electron chi connectivity index (χ3n) is 4.20. The highest BCUT2D eigenvalue weighted by Crippen LogP contribution is 2.19. The fourth-order valence-corrected chi connectivity index (χ4v) is 2.72. The molecular weight excluding hydrogens is 338 g/mol. The summed E-state index contributed by atoms with van der Waals surface area (Å²) >= 11 is 0. The zero-order chi connectivity index (χ0) is 19.2. The summed E-state index contributed by atoms with van der Waals surface area (Å²) in [5.41, 5.74) is 4.38. The summed E-state index contributed by atoms with van der Waals surface area (Å²) in [4.78, 5) is 28.2. The molecule has 0 aliphatic carbocycles. The third kappa shape index (κ3) is 4.58. The van der Waals surface area contributed by atoms with Crippen molar-refractivity contribution in [3.8, 4) is 0 Å². The molecule has 0 atom stereocenters. The first-order valence-corrected chi connectivity index (χ1v) is 8.80. The van der Waals surface area contributed by atoms with E-state index in [4.69, 9.17) is 0 Å². The largest absolute Gasteiger partial charge is 0.354 e. The molecule has 0 fully saturated rings.